The molecule has 0 atom stereocenters. The van der Waals surface area contributed by atoms with Gasteiger partial charge in [-0.1, -0.05) is 12.1 Å². The van der Waals surface area contributed by atoms with Crippen molar-refractivity contribution in [3.8, 4) is 0 Å². The quantitative estimate of drug-likeness (QED) is 0.870. The molecule has 0 spiro atoms. The molecule has 0 fully saturated rings. The van der Waals surface area contributed by atoms with Crippen molar-refractivity contribution in [2.24, 2.45) is 0 Å². The first-order chi connectivity index (χ1) is 9.06. The van der Waals surface area contributed by atoms with E-state index in [1.165, 1.54) is 0 Å². The van der Waals surface area contributed by atoms with Crippen LogP contribution < -0.4 is 4.90 Å². The first-order valence-corrected chi connectivity index (χ1v) is 5.97. The molecular weight excluding hydrogens is 266 g/mol. The molecule has 98 valence electrons. The number of rotatable bonds is 4. The molecule has 19 heavy (non-hydrogen) atoms. The summed E-state index contributed by atoms with van der Waals surface area (Å²) in [6, 6.07) is 8.99. The second kappa shape index (κ2) is 5.67. The zero-order valence-corrected chi connectivity index (χ0v) is 11.0. The molecule has 1 N–H and O–H groups in total. The topological polar surface area (TPSA) is 66.3 Å². The summed E-state index contributed by atoms with van der Waals surface area (Å²) in [7, 11) is 1.85. The van der Waals surface area contributed by atoms with Crippen LogP contribution in [0.3, 0.4) is 0 Å². The number of carboxylic acid groups (broad SMARTS) is 1. The van der Waals surface area contributed by atoms with Gasteiger partial charge in [-0.3, -0.25) is 4.79 Å². The summed E-state index contributed by atoms with van der Waals surface area (Å²) in [5.41, 5.74) is 1.65. The molecular formula is C13H12ClN3O2. The molecule has 6 heteroatoms. The van der Waals surface area contributed by atoms with Crippen molar-refractivity contribution in [1.82, 2.24) is 9.97 Å². The maximum absolute atomic E-state index is 10.6. The average molecular weight is 278 g/mol. The third kappa shape index (κ3) is 3.42. The lowest BCUT2D eigenvalue weighted by molar-refractivity contribution is -0.136. The van der Waals surface area contributed by atoms with Crippen LogP contribution in [-0.4, -0.2) is 28.1 Å². The van der Waals surface area contributed by atoms with Gasteiger partial charge in [0.2, 0.25) is 5.28 Å². The van der Waals surface area contributed by atoms with Gasteiger partial charge in [-0.05, 0) is 35.4 Å². The standard InChI is InChI=1S/C13H12ClN3O2/c1-17(11-6-7-15-13(14)16-11)10-4-2-9(3-5-10)8-12(18)19/h2-7H,8H2,1H3,(H,18,19). The molecule has 0 unspecified atom stereocenters. The van der Waals surface area contributed by atoms with E-state index in [0.29, 0.717) is 5.82 Å². The van der Waals surface area contributed by atoms with Crippen LogP contribution in [0.5, 0.6) is 0 Å². The normalized spacial score (nSPS) is 10.2. The highest BCUT2D eigenvalue weighted by atomic mass is 35.5. The minimum atomic E-state index is -0.844. The van der Waals surface area contributed by atoms with Crippen LogP contribution >= 0.6 is 11.6 Å². The Morgan fingerprint density at radius 2 is 2.00 bits per heavy atom. The van der Waals surface area contributed by atoms with E-state index in [-0.39, 0.29) is 11.7 Å². The van der Waals surface area contributed by atoms with E-state index in [1.54, 1.807) is 24.4 Å². The highest BCUT2D eigenvalue weighted by Crippen LogP contribution is 2.22. The molecule has 0 bridgehead atoms. The first-order valence-electron chi connectivity index (χ1n) is 5.59. The van der Waals surface area contributed by atoms with Gasteiger partial charge in [0.25, 0.3) is 0 Å². The summed E-state index contributed by atoms with van der Waals surface area (Å²) >= 11 is 5.74. The largest absolute Gasteiger partial charge is 0.481 e. The van der Waals surface area contributed by atoms with Crippen molar-refractivity contribution in [3.05, 3.63) is 47.4 Å². The number of anilines is 2. The van der Waals surface area contributed by atoms with Gasteiger partial charge in [0.05, 0.1) is 6.42 Å². The molecule has 2 aromatic rings. The highest BCUT2D eigenvalue weighted by molar-refractivity contribution is 6.28. The molecule has 1 aromatic heterocycles. The van der Waals surface area contributed by atoms with Gasteiger partial charge in [0.15, 0.2) is 0 Å². The molecule has 5 nitrogen and oxygen atoms in total. The van der Waals surface area contributed by atoms with Crippen molar-refractivity contribution < 1.29 is 9.90 Å². The molecule has 1 aromatic carbocycles. The fourth-order valence-corrected chi connectivity index (χ4v) is 1.80. The van der Waals surface area contributed by atoms with Gasteiger partial charge in [-0.2, -0.15) is 0 Å². The van der Waals surface area contributed by atoms with Crippen LogP contribution in [0.25, 0.3) is 0 Å². The fourth-order valence-electron chi connectivity index (χ4n) is 1.66. The lowest BCUT2D eigenvalue weighted by Gasteiger charge is -2.18. The van der Waals surface area contributed by atoms with Crippen LogP contribution in [0.4, 0.5) is 11.5 Å². The summed E-state index contributed by atoms with van der Waals surface area (Å²) < 4.78 is 0. The minimum Gasteiger partial charge on any atom is -0.481 e. The Morgan fingerprint density at radius 3 is 2.58 bits per heavy atom. The van der Waals surface area contributed by atoms with Crippen molar-refractivity contribution in [2.45, 2.75) is 6.42 Å². The number of aromatic nitrogens is 2. The zero-order valence-electron chi connectivity index (χ0n) is 10.2. The number of aliphatic carboxylic acids is 1. The number of carbonyl (C=O) groups is 1. The molecule has 0 amide bonds. The lowest BCUT2D eigenvalue weighted by Crippen LogP contribution is -2.11. The summed E-state index contributed by atoms with van der Waals surface area (Å²) in [5, 5.41) is 8.90. The van der Waals surface area contributed by atoms with Gasteiger partial charge < -0.3 is 10.0 Å². The average Bonchev–Trinajstić information content (AvgIpc) is 2.38. The minimum absolute atomic E-state index is 0.0172. The van der Waals surface area contributed by atoms with Crippen LogP contribution in [0.1, 0.15) is 5.56 Å². The van der Waals surface area contributed by atoms with E-state index in [0.717, 1.165) is 11.3 Å². The van der Waals surface area contributed by atoms with Crippen LogP contribution in [0.2, 0.25) is 5.28 Å². The van der Waals surface area contributed by atoms with Gasteiger partial charge in [0, 0.05) is 18.9 Å². The van der Waals surface area contributed by atoms with E-state index in [9.17, 15) is 4.79 Å². The third-order valence-corrected chi connectivity index (χ3v) is 2.82. The summed E-state index contributed by atoms with van der Waals surface area (Å²) in [6.07, 6.45) is 1.60. The van der Waals surface area contributed by atoms with E-state index in [1.807, 2.05) is 24.1 Å². The Balaban J connectivity index is 2.20. The Kier molecular flexibility index (Phi) is 3.97. The molecule has 0 saturated heterocycles. The number of nitrogens with zero attached hydrogens (tertiary/aromatic N) is 3. The second-order valence-electron chi connectivity index (χ2n) is 3.98. The molecule has 0 saturated carbocycles. The smallest absolute Gasteiger partial charge is 0.307 e. The van der Waals surface area contributed by atoms with Crippen LogP contribution in [0.15, 0.2) is 36.5 Å². The SMILES string of the molecule is CN(c1ccc(CC(=O)O)cc1)c1ccnc(Cl)n1. The van der Waals surface area contributed by atoms with Crippen molar-refractivity contribution in [3.63, 3.8) is 0 Å². The fraction of sp³-hybridized carbons (Fsp3) is 0.154. The molecule has 2 rings (SSSR count). The van der Waals surface area contributed by atoms with Gasteiger partial charge in [-0.15, -0.1) is 0 Å². The summed E-state index contributed by atoms with van der Waals surface area (Å²) in [5.74, 6) is -0.172. The number of hydrogen-bond acceptors (Lipinski definition) is 4. The van der Waals surface area contributed by atoms with E-state index in [4.69, 9.17) is 16.7 Å². The Hall–Kier alpha value is -2.14. The van der Waals surface area contributed by atoms with Crippen molar-refractivity contribution >= 4 is 29.1 Å². The van der Waals surface area contributed by atoms with E-state index >= 15 is 0 Å². The second-order valence-corrected chi connectivity index (χ2v) is 4.32. The predicted molar refractivity (Wildman–Crippen MR) is 72.9 cm³/mol. The van der Waals surface area contributed by atoms with Gasteiger partial charge in [0.1, 0.15) is 5.82 Å². The lowest BCUT2D eigenvalue weighted by atomic mass is 10.1. The maximum Gasteiger partial charge on any atom is 0.307 e. The number of halogens is 1. The molecule has 0 aliphatic rings. The molecule has 0 aliphatic heterocycles. The summed E-state index contributed by atoms with van der Waals surface area (Å²) in [4.78, 5) is 20.4. The molecule has 0 aliphatic carbocycles. The van der Waals surface area contributed by atoms with Gasteiger partial charge in [-0.25, -0.2) is 9.97 Å². The highest BCUT2D eigenvalue weighted by Gasteiger charge is 2.07. The zero-order chi connectivity index (χ0) is 13.8. The Morgan fingerprint density at radius 1 is 1.32 bits per heavy atom. The third-order valence-electron chi connectivity index (χ3n) is 2.63. The predicted octanol–water partition coefficient (Wildman–Crippen LogP) is 2.53. The number of benzene rings is 1. The van der Waals surface area contributed by atoms with E-state index in [2.05, 4.69) is 9.97 Å². The van der Waals surface area contributed by atoms with E-state index < -0.39 is 5.97 Å². The van der Waals surface area contributed by atoms with Crippen LogP contribution in [-0.2, 0) is 11.2 Å². The summed E-state index contributed by atoms with van der Waals surface area (Å²) in [6.45, 7) is 0. The number of hydrogen-bond donors (Lipinski definition) is 1. The monoisotopic (exact) mass is 277 g/mol. The Labute approximate surface area is 115 Å². The number of carboxylic acids is 1. The molecule has 0 radical (unpaired) electrons. The molecule has 1 heterocycles. The van der Waals surface area contributed by atoms with Crippen molar-refractivity contribution in [1.29, 1.82) is 0 Å². The van der Waals surface area contributed by atoms with Gasteiger partial charge >= 0.3 is 5.97 Å². The van der Waals surface area contributed by atoms with Crippen LogP contribution in [0, 0.1) is 0 Å². The van der Waals surface area contributed by atoms with Crippen molar-refractivity contribution in [2.75, 3.05) is 11.9 Å². The Bertz CT molecular complexity index is 587. The maximum atomic E-state index is 10.6. The first kappa shape index (κ1) is 13.3.